The number of ether oxygens (including phenoxy) is 1. The zero-order valence-corrected chi connectivity index (χ0v) is 17.3. The predicted molar refractivity (Wildman–Crippen MR) is 102 cm³/mol. The molecule has 0 aliphatic rings. The second kappa shape index (κ2) is 9.43. The van der Waals surface area contributed by atoms with Gasteiger partial charge < -0.3 is 20.5 Å². The largest absolute Gasteiger partial charge is 0.366 e. The third-order valence-corrected chi connectivity index (χ3v) is 3.93. The van der Waals surface area contributed by atoms with E-state index in [4.69, 9.17) is 4.74 Å². The molecular formula is C20H30F2N2O4. The van der Waals surface area contributed by atoms with Gasteiger partial charge in [-0.2, -0.15) is 0 Å². The van der Waals surface area contributed by atoms with Crippen molar-refractivity contribution in [2.75, 3.05) is 13.2 Å². The maximum absolute atomic E-state index is 13.8. The van der Waals surface area contributed by atoms with Gasteiger partial charge in [-0.3, -0.25) is 9.59 Å². The molecule has 8 heteroatoms. The molecule has 2 amide bonds. The summed E-state index contributed by atoms with van der Waals surface area (Å²) in [6, 6.07) is 1.36. The van der Waals surface area contributed by atoms with Crippen LogP contribution in [0.25, 0.3) is 0 Å². The van der Waals surface area contributed by atoms with Crippen LogP contribution < -0.4 is 10.6 Å². The summed E-state index contributed by atoms with van der Waals surface area (Å²) in [5.74, 6) is -3.85. The molecule has 0 spiro atoms. The maximum Gasteiger partial charge on any atom is 0.254 e. The molecule has 28 heavy (non-hydrogen) atoms. The van der Waals surface area contributed by atoms with Gasteiger partial charge in [-0.15, -0.1) is 0 Å². The second-order valence-electron chi connectivity index (χ2n) is 8.34. The molecular weight excluding hydrogens is 370 g/mol. The van der Waals surface area contributed by atoms with E-state index >= 15 is 0 Å². The van der Waals surface area contributed by atoms with Gasteiger partial charge in [0.05, 0.1) is 12.2 Å². The SMILES string of the molecule is Cc1cc(C(=O)N[C@@H](C)CNC(=O)CC(C)(C)COC(C)(C)O)c(F)cc1F. The predicted octanol–water partition coefficient (Wildman–Crippen LogP) is 2.67. The summed E-state index contributed by atoms with van der Waals surface area (Å²) in [6.07, 6.45) is 0.162. The van der Waals surface area contributed by atoms with Crippen molar-refractivity contribution in [2.24, 2.45) is 5.41 Å². The summed E-state index contributed by atoms with van der Waals surface area (Å²) < 4.78 is 32.4. The number of halogens is 2. The Kier molecular flexibility index (Phi) is 8.07. The van der Waals surface area contributed by atoms with Gasteiger partial charge in [0.2, 0.25) is 5.91 Å². The number of benzene rings is 1. The van der Waals surface area contributed by atoms with Crippen LogP contribution in [-0.4, -0.2) is 41.9 Å². The van der Waals surface area contributed by atoms with Crippen molar-refractivity contribution in [3.8, 4) is 0 Å². The van der Waals surface area contributed by atoms with E-state index in [-0.39, 0.29) is 36.6 Å². The molecule has 0 aromatic heterocycles. The smallest absolute Gasteiger partial charge is 0.254 e. The average Bonchev–Trinajstić information content (AvgIpc) is 2.53. The molecule has 0 unspecified atom stereocenters. The highest BCUT2D eigenvalue weighted by molar-refractivity contribution is 5.94. The molecule has 1 aromatic rings. The lowest BCUT2D eigenvalue weighted by atomic mass is 9.90. The van der Waals surface area contributed by atoms with E-state index in [9.17, 15) is 23.5 Å². The number of hydrogen-bond donors (Lipinski definition) is 3. The Morgan fingerprint density at radius 2 is 1.79 bits per heavy atom. The molecule has 0 heterocycles. The van der Waals surface area contributed by atoms with E-state index in [0.29, 0.717) is 6.07 Å². The summed E-state index contributed by atoms with van der Waals surface area (Å²) in [4.78, 5) is 24.3. The summed E-state index contributed by atoms with van der Waals surface area (Å²) in [7, 11) is 0. The summed E-state index contributed by atoms with van der Waals surface area (Å²) in [5, 5.41) is 14.9. The molecule has 0 radical (unpaired) electrons. The first-order chi connectivity index (χ1) is 12.7. The van der Waals surface area contributed by atoms with E-state index in [0.717, 1.165) is 6.07 Å². The molecule has 1 rings (SSSR count). The van der Waals surface area contributed by atoms with Crippen LogP contribution in [-0.2, 0) is 9.53 Å². The fraction of sp³-hybridized carbons (Fsp3) is 0.600. The summed E-state index contributed by atoms with van der Waals surface area (Å²) in [5.41, 5.74) is -0.573. The first-order valence-corrected chi connectivity index (χ1v) is 9.10. The van der Waals surface area contributed by atoms with Crippen molar-refractivity contribution in [1.82, 2.24) is 10.6 Å². The number of amides is 2. The van der Waals surface area contributed by atoms with Crippen LogP contribution in [0.2, 0.25) is 0 Å². The number of hydrogen-bond acceptors (Lipinski definition) is 4. The minimum atomic E-state index is -1.28. The highest BCUT2D eigenvalue weighted by atomic mass is 19.1. The van der Waals surface area contributed by atoms with E-state index in [1.807, 2.05) is 13.8 Å². The molecule has 3 N–H and O–H groups in total. The van der Waals surface area contributed by atoms with Crippen molar-refractivity contribution < 1.29 is 28.2 Å². The topological polar surface area (TPSA) is 87.7 Å². The highest BCUT2D eigenvalue weighted by Crippen LogP contribution is 2.22. The maximum atomic E-state index is 13.8. The Morgan fingerprint density at radius 3 is 2.36 bits per heavy atom. The molecule has 0 fully saturated rings. The van der Waals surface area contributed by atoms with Crippen LogP contribution >= 0.6 is 0 Å². The third-order valence-electron chi connectivity index (χ3n) is 3.93. The molecule has 0 aliphatic heterocycles. The number of carbonyl (C=O) groups excluding carboxylic acids is 2. The molecule has 1 aromatic carbocycles. The molecule has 0 bridgehead atoms. The lowest BCUT2D eigenvalue weighted by molar-refractivity contribution is -0.192. The zero-order chi connectivity index (χ0) is 21.7. The fourth-order valence-electron chi connectivity index (χ4n) is 2.37. The van der Waals surface area contributed by atoms with Crippen LogP contribution in [0.15, 0.2) is 12.1 Å². The number of nitrogens with one attached hydrogen (secondary N) is 2. The van der Waals surface area contributed by atoms with Gasteiger partial charge in [0, 0.05) is 25.1 Å². The van der Waals surface area contributed by atoms with Gasteiger partial charge >= 0.3 is 0 Å². The first kappa shape index (κ1) is 24.0. The van der Waals surface area contributed by atoms with Crippen molar-refractivity contribution in [3.63, 3.8) is 0 Å². The van der Waals surface area contributed by atoms with Crippen LogP contribution in [0.4, 0.5) is 8.78 Å². The van der Waals surface area contributed by atoms with Crippen LogP contribution in [0, 0.1) is 24.0 Å². The van der Waals surface area contributed by atoms with Gasteiger partial charge in [0.25, 0.3) is 5.91 Å². The van der Waals surface area contributed by atoms with E-state index in [1.54, 1.807) is 6.92 Å². The Labute approximate surface area is 164 Å². The Bertz CT molecular complexity index is 715. The van der Waals surface area contributed by atoms with Gasteiger partial charge in [-0.1, -0.05) is 13.8 Å². The van der Waals surface area contributed by atoms with Crippen molar-refractivity contribution in [3.05, 3.63) is 34.9 Å². The highest BCUT2D eigenvalue weighted by Gasteiger charge is 2.26. The van der Waals surface area contributed by atoms with E-state index in [1.165, 1.54) is 20.8 Å². The third kappa shape index (κ3) is 8.31. The van der Waals surface area contributed by atoms with Gasteiger partial charge in [0.1, 0.15) is 11.6 Å². The van der Waals surface area contributed by atoms with E-state index in [2.05, 4.69) is 10.6 Å². The van der Waals surface area contributed by atoms with Gasteiger partial charge in [-0.05, 0) is 44.7 Å². The number of carbonyl (C=O) groups is 2. The summed E-state index contributed by atoms with van der Waals surface area (Å²) >= 11 is 0. The molecule has 0 aliphatic carbocycles. The zero-order valence-electron chi connectivity index (χ0n) is 17.3. The monoisotopic (exact) mass is 400 g/mol. The molecule has 0 saturated carbocycles. The Morgan fingerprint density at radius 1 is 1.18 bits per heavy atom. The first-order valence-electron chi connectivity index (χ1n) is 9.10. The van der Waals surface area contributed by atoms with Crippen molar-refractivity contribution in [1.29, 1.82) is 0 Å². The van der Waals surface area contributed by atoms with Crippen LogP contribution in [0.5, 0.6) is 0 Å². The molecule has 6 nitrogen and oxygen atoms in total. The standard InChI is InChI=1S/C20H30F2N2O4/c1-12-7-14(16(22)8-15(12)21)18(26)24-13(2)10-23-17(25)9-19(3,4)11-28-20(5,6)27/h7-8,13,27H,9-11H2,1-6H3,(H,23,25)(H,24,26)/t13-/m0/s1. The minimum absolute atomic E-state index is 0.148. The second-order valence-corrected chi connectivity index (χ2v) is 8.34. The normalized spacial score (nSPS) is 13.2. The lowest BCUT2D eigenvalue weighted by Crippen LogP contribution is -2.43. The van der Waals surface area contributed by atoms with Gasteiger partial charge in [-0.25, -0.2) is 8.78 Å². The quantitative estimate of drug-likeness (QED) is 0.556. The molecule has 158 valence electrons. The van der Waals surface area contributed by atoms with Crippen LogP contribution in [0.1, 0.15) is 57.0 Å². The lowest BCUT2D eigenvalue weighted by Gasteiger charge is -2.28. The minimum Gasteiger partial charge on any atom is -0.366 e. The number of rotatable bonds is 9. The number of aliphatic hydroxyl groups is 1. The number of aryl methyl sites for hydroxylation is 1. The average molecular weight is 400 g/mol. The van der Waals surface area contributed by atoms with Gasteiger partial charge in [0.15, 0.2) is 5.79 Å². The Balaban J connectivity index is 2.51. The fourth-order valence-corrected chi connectivity index (χ4v) is 2.37. The van der Waals surface area contributed by atoms with Crippen molar-refractivity contribution >= 4 is 11.8 Å². The Hall–Kier alpha value is -2.06. The summed E-state index contributed by atoms with van der Waals surface area (Å²) in [6.45, 7) is 10.1. The van der Waals surface area contributed by atoms with E-state index < -0.39 is 34.8 Å². The van der Waals surface area contributed by atoms with Crippen molar-refractivity contribution in [2.45, 2.75) is 59.8 Å². The molecule has 0 saturated heterocycles. The molecule has 1 atom stereocenters. The van der Waals surface area contributed by atoms with Crippen LogP contribution in [0.3, 0.4) is 0 Å².